The minimum atomic E-state index is -0.863. The van der Waals surface area contributed by atoms with Gasteiger partial charge in [0.05, 0.1) is 0 Å². The molecule has 0 radical (unpaired) electrons. The first-order valence-corrected chi connectivity index (χ1v) is 4.61. The van der Waals surface area contributed by atoms with Crippen LogP contribution < -0.4 is 5.32 Å². The van der Waals surface area contributed by atoms with Crippen LogP contribution in [0, 0.1) is 0 Å². The highest BCUT2D eigenvalue weighted by atomic mass is 19.1. The van der Waals surface area contributed by atoms with E-state index in [1.54, 1.807) is 6.92 Å². The molecule has 1 aromatic rings. The number of hydrogen-bond donors (Lipinski definition) is 1. The second kappa shape index (κ2) is 4.97. The lowest BCUT2D eigenvalue weighted by Gasteiger charge is -2.04. The van der Waals surface area contributed by atoms with Crippen molar-refractivity contribution in [3.63, 3.8) is 0 Å². The Kier molecular flexibility index (Phi) is 3.90. The number of alkyl halides is 1. The minimum Gasteiger partial charge on any atom is -0.319 e. The summed E-state index contributed by atoms with van der Waals surface area (Å²) in [5.74, 6) is 0. The van der Waals surface area contributed by atoms with Gasteiger partial charge in [0.15, 0.2) is 0 Å². The summed E-state index contributed by atoms with van der Waals surface area (Å²) < 4.78 is 12.8. The molecule has 72 valence electrons. The number of benzene rings is 1. The lowest BCUT2D eigenvalue weighted by Crippen LogP contribution is -2.10. The molecule has 1 unspecified atom stereocenters. The molecule has 0 amide bonds. The molecule has 1 aromatic carbocycles. The van der Waals surface area contributed by atoms with Crippen LogP contribution >= 0.6 is 0 Å². The van der Waals surface area contributed by atoms with E-state index >= 15 is 0 Å². The van der Waals surface area contributed by atoms with Crippen molar-refractivity contribution in [2.24, 2.45) is 0 Å². The number of hydrogen-bond acceptors (Lipinski definition) is 1. The Hall–Kier alpha value is -0.890. The van der Waals surface area contributed by atoms with E-state index in [9.17, 15) is 4.39 Å². The van der Waals surface area contributed by atoms with Crippen LogP contribution in [0.5, 0.6) is 0 Å². The average molecular weight is 181 g/mol. The van der Waals surface area contributed by atoms with Crippen molar-refractivity contribution in [2.75, 3.05) is 13.6 Å². The zero-order valence-electron chi connectivity index (χ0n) is 8.18. The molecule has 1 nitrogen and oxygen atoms in total. The highest BCUT2D eigenvalue weighted by Gasteiger charge is 2.01. The maximum Gasteiger partial charge on any atom is 0.122 e. The molecule has 0 fully saturated rings. The van der Waals surface area contributed by atoms with Crippen LogP contribution in [0.4, 0.5) is 4.39 Å². The fourth-order valence-corrected chi connectivity index (χ4v) is 1.22. The average Bonchev–Trinajstić information content (AvgIpc) is 2.15. The summed E-state index contributed by atoms with van der Waals surface area (Å²) in [7, 11) is 1.93. The first-order valence-electron chi connectivity index (χ1n) is 4.61. The van der Waals surface area contributed by atoms with Crippen molar-refractivity contribution in [3.8, 4) is 0 Å². The predicted molar refractivity (Wildman–Crippen MR) is 53.6 cm³/mol. The Morgan fingerprint density at radius 1 is 1.31 bits per heavy atom. The standard InChI is InChI=1S/C11H16FN/c1-9(12)11-5-3-10(4-6-11)7-8-13-2/h3-6,9,13H,7-8H2,1-2H3. The van der Waals surface area contributed by atoms with Crippen LogP contribution in [0.1, 0.15) is 24.2 Å². The minimum absolute atomic E-state index is 0.758. The van der Waals surface area contributed by atoms with Crippen LogP contribution in [0.3, 0.4) is 0 Å². The molecule has 0 saturated carbocycles. The second-order valence-electron chi connectivity index (χ2n) is 3.21. The van der Waals surface area contributed by atoms with Gasteiger partial charge in [-0.1, -0.05) is 24.3 Å². The summed E-state index contributed by atoms with van der Waals surface area (Å²) in [4.78, 5) is 0. The third-order valence-electron chi connectivity index (χ3n) is 2.10. The number of rotatable bonds is 4. The third kappa shape index (κ3) is 3.15. The van der Waals surface area contributed by atoms with Gasteiger partial charge in [-0.2, -0.15) is 0 Å². The molecule has 0 saturated heterocycles. The zero-order valence-corrected chi connectivity index (χ0v) is 8.18. The molecule has 0 aliphatic heterocycles. The maximum atomic E-state index is 12.8. The lowest BCUT2D eigenvalue weighted by atomic mass is 10.1. The van der Waals surface area contributed by atoms with Gasteiger partial charge < -0.3 is 5.32 Å². The van der Waals surface area contributed by atoms with Crippen molar-refractivity contribution < 1.29 is 4.39 Å². The van der Waals surface area contributed by atoms with Gasteiger partial charge in [-0.05, 0) is 38.1 Å². The second-order valence-corrected chi connectivity index (χ2v) is 3.21. The largest absolute Gasteiger partial charge is 0.319 e. The van der Waals surface area contributed by atoms with Crippen LogP contribution in [0.15, 0.2) is 24.3 Å². The Morgan fingerprint density at radius 3 is 2.38 bits per heavy atom. The number of likely N-dealkylation sites (N-methyl/N-ethyl adjacent to an activating group) is 1. The van der Waals surface area contributed by atoms with Gasteiger partial charge in [0.1, 0.15) is 6.17 Å². The summed E-state index contributed by atoms with van der Waals surface area (Å²) in [6.45, 7) is 2.52. The van der Waals surface area contributed by atoms with Crippen molar-refractivity contribution in [1.29, 1.82) is 0 Å². The monoisotopic (exact) mass is 181 g/mol. The van der Waals surface area contributed by atoms with Gasteiger partial charge in [-0.3, -0.25) is 0 Å². The molecule has 2 heteroatoms. The van der Waals surface area contributed by atoms with E-state index in [4.69, 9.17) is 0 Å². The fraction of sp³-hybridized carbons (Fsp3) is 0.455. The lowest BCUT2D eigenvalue weighted by molar-refractivity contribution is 0.374. The zero-order chi connectivity index (χ0) is 9.68. The first-order chi connectivity index (χ1) is 6.24. The molecule has 1 N–H and O–H groups in total. The summed E-state index contributed by atoms with van der Waals surface area (Å²) in [6, 6.07) is 7.69. The molecular formula is C11H16FN. The molecular weight excluding hydrogens is 165 g/mol. The normalized spacial score (nSPS) is 12.8. The number of halogens is 1. The molecule has 1 rings (SSSR count). The summed E-state index contributed by atoms with van der Waals surface area (Å²) in [6.07, 6.45) is 0.135. The first kappa shape index (κ1) is 10.2. The van der Waals surface area contributed by atoms with E-state index in [0.717, 1.165) is 18.5 Å². The number of nitrogens with one attached hydrogen (secondary N) is 1. The van der Waals surface area contributed by atoms with Crippen molar-refractivity contribution in [2.45, 2.75) is 19.5 Å². The van der Waals surface area contributed by atoms with Crippen molar-refractivity contribution in [3.05, 3.63) is 35.4 Å². The van der Waals surface area contributed by atoms with Crippen molar-refractivity contribution >= 4 is 0 Å². The SMILES string of the molecule is CNCCc1ccc(C(C)F)cc1. The molecule has 13 heavy (non-hydrogen) atoms. The highest BCUT2D eigenvalue weighted by Crippen LogP contribution is 2.16. The smallest absolute Gasteiger partial charge is 0.122 e. The predicted octanol–water partition coefficient (Wildman–Crippen LogP) is 2.48. The van der Waals surface area contributed by atoms with E-state index in [0.29, 0.717) is 0 Å². The quantitative estimate of drug-likeness (QED) is 0.752. The highest BCUT2D eigenvalue weighted by molar-refractivity contribution is 5.24. The van der Waals surface area contributed by atoms with Crippen LogP contribution in [-0.4, -0.2) is 13.6 Å². The van der Waals surface area contributed by atoms with Crippen LogP contribution in [-0.2, 0) is 6.42 Å². The molecule has 0 bridgehead atoms. The van der Waals surface area contributed by atoms with E-state index < -0.39 is 6.17 Å². The van der Waals surface area contributed by atoms with Gasteiger partial charge in [0.25, 0.3) is 0 Å². The van der Waals surface area contributed by atoms with Gasteiger partial charge >= 0.3 is 0 Å². The topological polar surface area (TPSA) is 12.0 Å². The van der Waals surface area contributed by atoms with E-state index in [-0.39, 0.29) is 0 Å². The third-order valence-corrected chi connectivity index (χ3v) is 2.10. The Balaban J connectivity index is 2.59. The van der Waals surface area contributed by atoms with Gasteiger partial charge in [-0.15, -0.1) is 0 Å². The molecule has 0 heterocycles. The van der Waals surface area contributed by atoms with Crippen LogP contribution in [0.25, 0.3) is 0 Å². The van der Waals surface area contributed by atoms with Crippen LogP contribution in [0.2, 0.25) is 0 Å². The Morgan fingerprint density at radius 2 is 1.92 bits per heavy atom. The van der Waals surface area contributed by atoms with Gasteiger partial charge in [0.2, 0.25) is 0 Å². The van der Waals surface area contributed by atoms with Gasteiger partial charge in [0, 0.05) is 0 Å². The molecule has 1 atom stereocenters. The Bertz CT molecular complexity index is 241. The summed E-state index contributed by atoms with van der Waals surface area (Å²) in [5.41, 5.74) is 2.01. The van der Waals surface area contributed by atoms with E-state index in [1.807, 2.05) is 31.3 Å². The summed E-state index contributed by atoms with van der Waals surface area (Å²) in [5, 5.41) is 3.08. The maximum absolute atomic E-state index is 12.8. The fourth-order valence-electron chi connectivity index (χ4n) is 1.22. The van der Waals surface area contributed by atoms with Gasteiger partial charge in [-0.25, -0.2) is 4.39 Å². The molecule has 0 aliphatic rings. The van der Waals surface area contributed by atoms with E-state index in [1.165, 1.54) is 5.56 Å². The molecule has 0 aromatic heterocycles. The van der Waals surface area contributed by atoms with E-state index in [2.05, 4.69) is 5.32 Å². The summed E-state index contributed by atoms with van der Waals surface area (Å²) >= 11 is 0. The Labute approximate surface area is 79.0 Å². The van der Waals surface area contributed by atoms with Crippen molar-refractivity contribution in [1.82, 2.24) is 5.32 Å². The molecule has 0 aliphatic carbocycles. The molecule has 0 spiro atoms.